The number of ether oxygens (including phenoxy) is 1. The average molecular weight is 287 g/mol. The van der Waals surface area contributed by atoms with Crippen molar-refractivity contribution in [1.29, 1.82) is 0 Å². The van der Waals surface area contributed by atoms with E-state index in [0.717, 1.165) is 23.2 Å². The van der Waals surface area contributed by atoms with Crippen LogP contribution in [-0.4, -0.2) is 24.5 Å². The predicted octanol–water partition coefficient (Wildman–Crippen LogP) is 4.13. The second-order valence-corrected chi connectivity index (χ2v) is 7.00. The van der Waals surface area contributed by atoms with E-state index in [0.29, 0.717) is 5.88 Å². The molecule has 2 fully saturated rings. The fraction of sp³-hybridized carbons (Fsp3) is 0.529. The van der Waals surface area contributed by atoms with Crippen LogP contribution in [0.25, 0.3) is 0 Å². The lowest BCUT2D eigenvalue weighted by atomic mass is 9.53. The highest BCUT2D eigenvalue weighted by molar-refractivity contribution is 6.62. The summed E-state index contributed by atoms with van der Waals surface area (Å²) in [7, 11) is 1.90. The smallest absolute Gasteiger partial charge is 0.327 e. The van der Waals surface area contributed by atoms with Gasteiger partial charge >= 0.3 is 6.92 Å². The predicted molar refractivity (Wildman–Crippen MR) is 88.5 cm³/mol. The zero-order valence-corrected chi connectivity index (χ0v) is 14.1. The molecule has 0 amide bonds. The average Bonchev–Trinajstić information content (AvgIpc) is 2.74. The van der Waals surface area contributed by atoms with Crippen molar-refractivity contribution in [3.63, 3.8) is 0 Å². The van der Waals surface area contributed by atoms with Crippen LogP contribution in [0.15, 0.2) is 48.1 Å². The van der Waals surface area contributed by atoms with Gasteiger partial charge in [0.2, 0.25) is 0 Å². The van der Waals surface area contributed by atoms with Crippen molar-refractivity contribution in [3.05, 3.63) is 48.1 Å². The zero-order chi connectivity index (χ0) is 16.0. The molecule has 3 nitrogen and oxygen atoms in total. The molecule has 114 valence electrons. The molecule has 21 heavy (non-hydrogen) atoms. The van der Waals surface area contributed by atoms with E-state index in [1.165, 1.54) is 0 Å². The van der Waals surface area contributed by atoms with Gasteiger partial charge in [-0.15, -0.1) is 0 Å². The summed E-state index contributed by atoms with van der Waals surface area (Å²) in [6.07, 6.45) is 5.11. The summed E-state index contributed by atoms with van der Waals surface area (Å²) in [6, 6.07) is 0. The first-order valence-electron chi connectivity index (χ1n) is 7.44. The number of likely N-dealkylation sites (N-methyl/N-ethyl adjacent to an activating group) is 1. The Hall–Kier alpha value is -1.42. The second kappa shape index (κ2) is 5.10. The van der Waals surface area contributed by atoms with Gasteiger partial charge in [-0.2, -0.15) is 0 Å². The third-order valence-electron chi connectivity index (χ3n) is 5.06. The molecule has 4 heteroatoms. The third kappa shape index (κ3) is 2.69. The Labute approximate surface area is 129 Å². The molecule has 0 aromatic heterocycles. The standard InChI is InChI=1S/C17H26BNO2/c1-9-14(10-15-12(2)19(8)13(3)20-15)18-11-16(4,5)17(6,7)21-18/h9-10H,2-3,11H2,1,4-8H3/b14-9+,15-10+. The number of hydrogen-bond donors (Lipinski definition) is 0. The van der Waals surface area contributed by atoms with Gasteiger partial charge < -0.3 is 14.3 Å². The Morgan fingerprint density at radius 3 is 2.29 bits per heavy atom. The normalized spacial score (nSPS) is 26.8. The van der Waals surface area contributed by atoms with Crippen LogP contribution in [0, 0.1) is 5.41 Å². The van der Waals surface area contributed by atoms with Crippen LogP contribution in [0.2, 0.25) is 6.32 Å². The van der Waals surface area contributed by atoms with Crippen molar-refractivity contribution in [2.75, 3.05) is 7.05 Å². The van der Waals surface area contributed by atoms with E-state index < -0.39 is 0 Å². The molecule has 2 saturated heterocycles. The molecule has 0 bridgehead atoms. The molecular weight excluding hydrogens is 261 g/mol. The Kier molecular flexibility index (Phi) is 3.87. The molecule has 0 unspecified atom stereocenters. The summed E-state index contributed by atoms with van der Waals surface area (Å²) >= 11 is 0. The highest BCUT2D eigenvalue weighted by Gasteiger charge is 2.50. The lowest BCUT2D eigenvalue weighted by Crippen LogP contribution is -2.34. The van der Waals surface area contributed by atoms with Crippen LogP contribution in [-0.2, 0) is 9.39 Å². The first-order valence-corrected chi connectivity index (χ1v) is 7.44. The van der Waals surface area contributed by atoms with E-state index in [1.54, 1.807) is 0 Å². The molecule has 0 atom stereocenters. The molecule has 0 N–H and O–H groups in total. The van der Waals surface area contributed by atoms with Crippen molar-refractivity contribution in [2.24, 2.45) is 5.41 Å². The summed E-state index contributed by atoms with van der Waals surface area (Å²) in [5.74, 6) is 1.36. The highest BCUT2D eigenvalue weighted by atomic mass is 16.5. The fourth-order valence-corrected chi connectivity index (χ4v) is 2.65. The molecule has 2 heterocycles. The van der Waals surface area contributed by atoms with Gasteiger partial charge in [-0.1, -0.05) is 26.5 Å². The summed E-state index contributed by atoms with van der Waals surface area (Å²) in [5.41, 5.74) is 1.96. The topological polar surface area (TPSA) is 21.7 Å². The minimum absolute atomic E-state index is 0.0862. The van der Waals surface area contributed by atoms with Gasteiger partial charge in [0.15, 0.2) is 11.6 Å². The molecule has 0 saturated carbocycles. The summed E-state index contributed by atoms with van der Waals surface area (Å²) in [6.45, 7) is 18.9. The van der Waals surface area contributed by atoms with E-state index in [-0.39, 0.29) is 17.9 Å². The summed E-state index contributed by atoms with van der Waals surface area (Å²) < 4.78 is 12.0. The Morgan fingerprint density at radius 1 is 1.29 bits per heavy atom. The third-order valence-corrected chi connectivity index (χ3v) is 5.06. The van der Waals surface area contributed by atoms with E-state index in [9.17, 15) is 0 Å². The number of hydrogen-bond acceptors (Lipinski definition) is 3. The Balaban J connectivity index is 2.24. The minimum Gasteiger partial charge on any atom is -0.439 e. The van der Waals surface area contributed by atoms with Crippen LogP contribution < -0.4 is 0 Å². The van der Waals surface area contributed by atoms with Gasteiger partial charge in [0.05, 0.1) is 11.3 Å². The maximum atomic E-state index is 6.28. The van der Waals surface area contributed by atoms with Gasteiger partial charge in [-0.3, -0.25) is 0 Å². The molecule has 0 aliphatic carbocycles. The van der Waals surface area contributed by atoms with Gasteiger partial charge in [0.25, 0.3) is 0 Å². The van der Waals surface area contributed by atoms with E-state index in [2.05, 4.69) is 46.9 Å². The summed E-state index contributed by atoms with van der Waals surface area (Å²) in [5, 5.41) is 0. The number of allylic oxidation sites excluding steroid dienone is 3. The Bertz CT molecular complexity index is 527. The zero-order valence-electron chi connectivity index (χ0n) is 14.1. The largest absolute Gasteiger partial charge is 0.439 e. The van der Waals surface area contributed by atoms with Crippen molar-refractivity contribution in [3.8, 4) is 0 Å². The summed E-state index contributed by atoms with van der Waals surface area (Å²) in [4.78, 5) is 1.85. The Morgan fingerprint density at radius 2 is 1.90 bits per heavy atom. The first kappa shape index (κ1) is 16.0. The van der Waals surface area contributed by atoms with Crippen molar-refractivity contribution < 1.29 is 9.39 Å². The SMILES string of the molecule is C=C1O/C(=C/C(=C\C)B2CC(C)(C)C(C)(C)O2)C(=C)N1C. The molecule has 0 aromatic carbocycles. The lowest BCUT2D eigenvalue weighted by molar-refractivity contribution is 0.0371. The number of nitrogens with zero attached hydrogens (tertiary/aromatic N) is 1. The maximum absolute atomic E-state index is 6.28. The molecule has 2 aliphatic heterocycles. The first-order chi connectivity index (χ1) is 9.59. The van der Waals surface area contributed by atoms with Crippen LogP contribution in [0.1, 0.15) is 34.6 Å². The van der Waals surface area contributed by atoms with Crippen LogP contribution in [0.4, 0.5) is 0 Å². The monoisotopic (exact) mass is 287 g/mol. The van der Waals surface area contributed by atoms with Gasteiger partial charge in [0, 0.05) is 7.05 Å². The van der Waals surface area contributed by atoms with Crippen molar-refractivity contribution >= 4 is 6.92 Å². The highest BCUT2D eigenvalue weighted by Crippen LogP contribution is 2.47. The van der Waals surface area contributed by atoms with Gasteiger partial charge in [-0.25, -0.2) is 0 Å². The lowest BCUT2D eigenvalue weighted by Gasteiger charge is -2.34. The van der Waals surface area contributed by atoms with E-state index in [4.69, 9.17) is 9.39 Å². The second-order valence-electron chi connectivity index (χ2n) is 7.00. The maximum Gasteiger partial charge on any atom is 0.327 e. The minimum atomic E-state index is -0.141. The van der Waals surface area contributed by atoms with E-state index in [1.807, 2.05) is 24.9 Å². The van der Waals surface area contributed by atoms with Crippen LogP contribution >= 0.6 is 0 Å². The molecule has 0 aromatic rings. The quantitative estimate of drug-likeness (QED) is 0.713. The van der Waals surface area contributed by atoms with Crippen LogP contribution in [0.5, 0.6) is 0 Å². The van der Waals surface area contributed by atoms with Crippen molar-refractivity contribution in [1.82, 2.24) is 4.90 Å². The van der Waals surface area contributed by atoms with E-state index >= 15 is 0 Å². The molecule has 2 aliphatic rings. The van der Waals surface area contributed by atoms with Gasteiger partial charge in [-0.05, 0) is 50.6 Å². The van der Waals surface area contributed by atoms with Gasteiger partial charge in [0.1, 0.15) is 0 Å². The number of rotatable bonds is 2. The molecule has 2 rings (SSSR count). The molecular formula is C17H26BNO2. The van der Waals surface area contributed by atoms with Crippen LogP contribution in [0.3, 0.4) is 0 Å². The molecule has 0 radical (unpaired) electrons. The fourth-order valence-electron chi connectivity index (χ4n) is 2.65. The molecule has 0 spiro atoms. The van der Waals surface area contributed by atoms with Crippen molar-refractivity contribution in [2.45, 2.75) is 46.5 Å².